The maximum absolute atomic E-state index is 12.7. The van der Waals surface area contributed by atoms with Crippen LogP contribution in [0.2, 0.25) is 0 Å². The van der Waals surface area contributed by atoms with Crippen molar-refractivity contribution >= 4 is 10.0 Å². The van der Waals surface area contributed by atoms with Crippen molar-refractivity contribution in [3.63, 3.8) is 0 Å². The number of piperazine rings is 1. The molecule has 1 heterocycles. The molecule has 1 aromatic rings. The SMILES string of the molecule is Cc1ccc(C#N)cc1S(=O)(=O)N1CCN(CC#N)CC1. The summed E-state index contributed by atoms with van der Waals surface area (Å²) >= 11 is 0. The van der Waals surface area contributed by atoms with Crippen LogP contribution in [-0.2, 0) is 10.0 Å². The summed E-state index contributed by atoms with van der Waals surface area (Å²) < 4.78 is 26.8. The van der Waals surface area contributed by atoms with Crippen LogP contribution < -0.4 is 0 Å². The minimum Gasteiger partial charge on any atom is -0.288 e. The van der Waals surface area contributed by atoms with E-state index >= 15 is 0 Å². The van der Waals surface area contributed by atoms with Gasteiger partial charge in [-0.25, -0.2) is 8.42 Å². The van der Waals surface area contributed by atoms with Crippen molar-refractivity contribution < 1.29 is 8.42 Å². The molecular weight excluding hydrogens is 288 g/mol. The molecule has 1 saturated heterocycles. The highest BCUT2D eigenvalue weighted by Crippen LogP contribution is 2.22. The van der Waals surface area contributed by atoms with Crippen LogP contribution in [0.1, 0.15) is 11.1 Å². The topological polar surface area (TPSA) is 88.2 Å². The maximum atomic E-state index is 12.7. The highest BCUT2D eigenvalue weighted by Gasteiger charge is 2.29. The highest BCUT2D eigenvalue weighted by molar-refractivity contribution is 7.89. The van der Waals surface area contributed by atoms with Crippen LogP contribution in [0.25, 0.3) is 0 Å². The molecule has 21 heavy (non-hydrogen) atoms. The second-order valence-corrected chi connectivity index (χ2v) is 6.84. The molecule has 2 rings (SSSR count). The van der Waals surface area contributed by atoms with Crippen molar-refractivity contribution in [1.82, 2.24) is 9.21 Å². The minimum atomic E-state index is -3.59. The summed E-state index contributed by atoms with van der Waals surface area (Å²) in [5.41, 5.74) is 0.968. The third-order valence-corrected chi connectivity index (χ3v) is 5.60. The van der Waals surface area contributed by atoms with E-state index in [1.54, 1.807) is 19.1 Å². The molecule has 0 saturated carbocycles. The van der Waals surface area contributed by atoms with Crippen LogP contribution in [0.3, 0.4) is 0 Å². The van der Waals surface area contributed by atoms with Gasteiger partial charge in [0, 0.05) is 26.2 Å². The van der Waals surface area contributed by atoms with Gasteiger partial charge < -0.3 is 0 Å². The van der Waals surface area contributed by atoms with Crippen LogP contribution >= 0.6 is 0 Å². The van der Waals surface area contributed by atoms with Gasteiger partial charge in [0.15, 0.2) is 0 Å². The summed E-state index contributed by atoms with van der Waals surface area (Å²) in [5, 5.41) is 17.6. The Morgan fingerprint density at radius 2 is 1.86 bits per heavy atom. The Kier molecular flexibility index (Phi) is 4.59. The summed E-state index contributed by atoms with van der Waals surface area (Å²) in [4.78, 5) is 2.11. The van der Waals surface area contributed by atoms with Gasteiger partial charge in [0.25, 0.3) is 0 Å². The largest absolute Gasteiger partial charge is 0.288 e. The molecule has 0 bridgehead atoms. The molecule has 1 aliphatic heterocycles. The van der Waals surface area contributed by atoms with Crippen LogP contribution in [-0.4, -0.2) is 50.3 Å². The predicted octanol–water partition coefficient (Wildman–Crippen LogP) is 0.697. The maximum Gasteiger partial charge on any atom is 0.243 e. The zero-order chi connectivity index (χ0) is 15.5. The first kappa shape index (κ1) is 15.5. The molecule has 110 valence electrons. The van der Waals surface area contributed by atoms with Crippen molar-refractivity contribution in [3.8, 4) is 12.1 Å². The molecule has 0 spiro atoms. The van der Waals surface area contributed by atoms with Gasteiger partial charge in [0.1, 0.15) is 0 Å². The van der Waals surface area contributed by atoms with Crippen molar-refractivity contribution in [2.45, 2.75) is 11.8 Å². The number of aryl methyl sites for hydroxylation is 1. The fourth-order valence-corrected chi connectivity index (χ4v) is 3.99. The van der Waals surface area contributed by atoms with Crippen LogP contribution in [0.15, 0.2) is 23.1 Å². The summed E-state index contributed by atoms with van der Waals surface area (Å²) in [6.45, 7) is 3.85. The fourth-order valence-electron chi connectivity index (χ4n) is 2.31. The molecule has 0 aliphatic carbocycles. The van der Waals surface area contributed by atoms with Crippen molar-refractivity contribution in [1.29, 1.82) is 10.5 Å². The van der Waals surface area contributed by atoms with Crippen LogP contribution in [0, 0.1) is 29.6 Å². The quantitative estimate of drug-likeness (QED) is 0.767. The molecule has 0 radical (unpaired) electrons. The van der Waals surface area contributed by atoms with Gasteiger partial charge in [-0.1, -0.05) is 6.07 Å². The van der Waals surface area contributed by atoms with E-state index in [9.17, 15) is 8.42 Å². The lowest BCUT2D eigenvalue weighted by Crippen LogP contribution is -2.48. The predicted molar refractivity (Wildman–Crippen MR) is 76.7 cm³/mol. The van der Waals surface area contributed by atoms with E-state index in [0.29, 0.717) is 43.9 Å². The van der Waals surface area contributed by atoms with Gasteiger partial charge in [0.2, 0.25) is 10.0 Å². The third-order valence-electron chi connectivity index (χ3n) is 3.56. The Balaban J connectivity index is 2.24. The molecule has 0 amide bonds. The molecule has 7 heteroatoms. The van der Waals surface area contributed by atoms with E-state index in [2.05, 4.69) is 6.07 Å². The second-order valence-electron chi connectivity index (χ2n) is 4.93. The number of nitriles is 2. The van der Waals surface area contributed by atoms with E-state index in [1.807, 2.05) is 11.0 Å². The fraction of sp³-hybridized carbons (Fsp3) is 0.429. The lowest BCUT2D eigenvalue weighted by atomic mass is 10.2. The number of nitrogens with zero attached hydrogens (tertiary/aromatic N) is 4. The van der Waals surface area contributed by atoms with Crippen molar-refractivity contribution in [3.05, 3.63) is 29.3 Å². The summed E-state index contributed by atoms with van der Waals surface area (Å²) in [5.74, 6) is 0. The molecule has 6 nitrogen and oxygen atoms in total. The van der Waals surface area contributed by atoms with Crippen molar-refractivity contribution in [2.24, 2.45) is 0 Å². The van der Waals surface area contributed by atoms with E-state index in [1.165, 1.54) is 10.4 Å². The van der Waals surface area contributed by atoms with Gasteiger partial charge in [-0.2, -0.15) is 14.8 Å². The first-order chi connectivity index (χ1) is 9.98. The minimum absolute atomic E-state index is 0.190. The number of hydrogen-bond acceptors (Lipinski definition) is 5. The molecule has 0 unspecified atom stereocenters. The zero-order valence-corrected chi connectivity index (χ0v) is 12.6. The molecule has 0 atom stereocenters. The molecule has 1 aromatic carbocycles. The average molecular weight is 304 g/mol. The standard InChI is InChI=1S/C14H16N4O2S/c1-12-2-3-13(11-16)10-14(12)21(19,20)18-8-6-17(5-4-15)7-9-18/h2-3,10H,5-9H2,1H3. The first-order valence-corrected chi connectivity index (χ1v) is 8.03. The van der Waals surface area contributed by atoms with Crippen LogP contribution in [0.5, 0.6) is 0 Å². The number of rotatable bonds is 3. The lowest BCUT2D eigenvalue weighted by molar-refractivity contribution is 0.206. The van der Waals surface area contributed by atoms with Gasteiger partial charge in [0.05, 0.1) is 29.1 Å². The second kappa shape index (κ2) is 6.23. The summed E-state index contributed by atoms with van der Waals surface area (Å²) in [6, 6.07) is 8.72. The molecule has 0 aromatic heterocycles. The smallest absolute Gasteiger partial charge is 0.243 e. The van der Waals surface area contributed by atoms with Gasteiger partial charge >= 0.3 is 0 Å². The Labute approximate surface area is 124 Å². The van der Waals surface area contributed by atoms with E-state index in [-0.39, 0.29) is 4.90 Å². The average Bonchev–Trinajstić information content (AvgIpc) is 2.48. The Morgan fingerprint density at radius 3 is 2.43 bits per heavy atom. The molecule has 1 aliphatic rings. The molecular formula is C14H16N4O2S. The number of hydrogen-bond donors (Lipinski definition) is 0. The van der Waals surface area contributed by atoms with E-state index in [0.717, 1.165) is 0 Å². The number of sulfonamides is 1. The first-order valence-electron chi connectivity index (χ1n) is 6.59. The third kappa shape index (κ3) is 3.22. The van der Waals surface area contributed by atoms with Crippen molar-refractivity contribution in [2.75, 3.05) is 32.7 Å². The number of benzene rings is 1. The van der Waals surface area contributed by atoms with Gasteiger partial charge in [-0.05, 0) is 24.6 Å². The monoisotopic (exact) mass is 304 g/mol. The summed E-state index contributed by atoms with van der Waals surface area (Å²) in [7, 11) is -3.59. The normalized spacial score (nSPS) is 17.1. The Morgan fingerprint density at radius 1 is 1.19 bits per heavy atom. The Bertz CT molecular complexity index is 707. The summed E-state index contributed by atoms with van der Waals surface area (Å²) in [6.07, 6.45) is 0. The Hall–Kier alpha value is -1.93. The van der Waals surface area contributed by atoms with Gasteiger partial charge in [-0.15, -0.1) is 0 Å². The van der Waals surface area contributed by atoms with E-state index in [4.69, 9.17) is 10.5 Å². The molecule has 1 fully saturated rings. The zero-order valence-electron chi connectivity index (χ0n) is 11.8. The lowest BCUT2D eigenvalue weighted by Gasteiger charge is -2.32. The van der Waals surface area contributed by atoms with Crippen LogP contribution in [0.4, 0.5) is 0 Å². The highest BCUT2D eigenvalue weighted by atomic mass is 32.2. The van der Waals surface area contributed by atoms with E-state index < -0.39 is 10.0 Å². The molecule has 0 N–H and O–H groups in total. The van der Waals surface area contributed by atoms with Gasteiger partial charge in [-0.3, -0.25) is 4.90 Å².